The molecule has 0 aliphatic carbocycles. The predicted octanol–water partition coefficient (Wildman–Crippen LogP) is 0.937. The lowest BCUT2D eigenvalue weighted by atomic mass is 10.4. The Morgan fingerprint density at radius 2 is 2.50 bits per heavy atom. The van der Waals surface area contributed by atoms with Crippen LogP contribution in [0.3, 0.4) is 0 Å². The van der Waals surface area contributed by atoms with Gasteiger partial charge in [0.2, 0.25) is 5.91 Å². The summed E-state index contributed by atoms with van der Waals surface area (Å²) in [6.07, 6.45) is 4.11. The van der Waals surface area contributed by atoms with E-state index in [1.807, 2.05) is 13.1 Å². The van der Waals surface area contributed by atoms with Gasteiger partial charge in [0.25, 0.3) is 0 Å². The number of carbonyl (C=O) groups is 1. The third kappa shape index (κ3) is 3.79. The van der Waals surface area contributed by atoms with Gasteiger partial charge < -0.3 is 5.32 Å². The quantitative estimate of drug-likeness (QED) is 0.744. The normalized spacial score (nSPS) is 10.1. The predicted molar refractivity (Wildman–Crippen MR) is 55.3 cm³/mol. The first-order valence-corrected chi connectivity index (χ1v) is 5.07. The minimum absolute atomic E-state index is 0.0103. The molecule has 1 heterocycles. The minimum Gasteiger partial charge on any atom is -0.354 e. The third-order valence-electron chi connectivity index (χ3n) is 1.75. The first-order chi connectivity index (χ1) is 6.72. The first kappa shape index (κ1) is 11.0. The highest BCUT2D eigenvalue weighted by molar-refractivity contribution is 6.18. The molecule has 1 aromatic rings. The Hall–Kier alpha value is -1.03. The molecule has 1 aromatic heterocycles. The molecule has 0 radical (unpaired) electrons. The monoisotopic (exact) mass is 215 g/mol. The van der Waals surface area contributed by atoms with Gasteiger partial charge in [0.15, 0.2) is 0 Å². The molecule has 1 N–H and O–H groups in total. The molecule has 0 aliphatic heterocycles. The van der Waals surface area contributed by atoms with Crippen molar-refractivity contribution in [1.29, 1.82) is 0 Å². The summed E-state index contributed by atoms with van der Waals surface area (Å²) in [7, 11) is 0. The van der Waals surface area contributed by atoms with Crippen LogP contribution in [0, 0.1) is 6.92 Å². The van der Waals surface area contributed by atoms with Crippen molar-refractivity contribution < 1.29 is 4.79 Å². The SMILES string of the molecule is Cc1cnn(CCNC(=O)CCCl)c1. The molecule has 0 saturated carbocycles. The molecule has 0 unspecified atom stereocenters. The number of hydrogen-bond donors (Lipinski definition) is 1. The summed E-state index contributed by atoms with van der Waals surface area (Å²) in [4.78, 5) is 11.0. The molecule has 0 atom stereocenters. The number of nitrogens with zero attached hydrogens (tertiary/aromatic N) is 2. The Kier molecular flexibility index (Phi) is 4.46. The number of amides is 1. The van der Waals surface area contributed by atoms with Gasteiger partial charge in [-0.05, 0) is 12.5 Å². The van der Waals surface area contributed by atoms with Crippen molar-refractivity contribution in [2.75, 3.05) is 12.4 Å². The Morgan fingerprint density at radius 3 is 3.07 bits per heavy atom. The number of halogens is 1. The first-order valence-electron chi connectivity index (χ1n) is 4.54. The van der Waals surface area contributed by atoms with Crippen LogP contribution in [0.5, 0.6) is 0 Å². The number of alkyl halides is 1. The lowest BCUT2D eigenvalue weighted by Gasteiger charge is -2.03. The lowest BCUT2D eigenvalue weighted by Crippen LogP contribution is -2.27. The van der Waals surface area contributed by atoms with E-state index >= 15 is 0 Å². The summed E-state index contributed by atoms with van der Waals surface area (Å²) >= 11 is 5.42. The Balaban J connectivity index is 2.18. The highest BCUT2D eigenvalue weighted by Crippen LogP contribution is 1.93. The van der Waals surface area contributed by atoms with Gasteiger partial charge in [0.05, 0.1) is 12.7 Å². The van der Waals surface area contributed by atoms with Gasteiger partial charge >= 0.3 is 0 Å². The summed E-state index contributed by atoms with van der Waals surface area (Å²) < 4.78 is 1.80. The standard InChI is InChI=1S/C9H14ClN3O/c1-8-6-12-13(7-8)5-4-11-9(14)2-3-10/h6-7H,2-5H2,1H3,(H,11,14). The van der Waals surface area contributed by atoms with Crippen LogP contribution >= 0.6 is 11.6 Å². The van der Waals surface area contributed by atoms with Gasteiger partial charge in [-0.15, -0.1) is 11.6 Å². The van der Waals surface area contributed by atoms with E-state index in [0.717, 1.165) is 5.56 Å². The third-order valence-corrected chi connectivity index (χ3v) is 1.94. The van der Waals surface area contributed by atoms with Crippen LogP contribution < -0.4 is 5.32 Å². The molecule has 4 nitrogen and oxygen atoms in total. The number of hydrogen-bond acceptors (Lipinski definition) is 2. The molecule has 1 amide bonds. The number of aromatic nitrogens is 2. The zero-order chi connectivity index (χ0) is 10.4. The zero-order valence-corrected chi connectivity index (χ0v) is 8.92. The van der Waals surface area contributed by atoms with Crippen LogP contribution in [0.1, 0.15) is 12.0 Å². The maximum Gasteiger partial charge on any atom is 0.221 e. The van der Waals surface area contributed by atoms with Crippen LogP contribution in [0.15, 0.2) is 12.4 Å². The van der Waals surface area contributed by atoms with Crippen molar-refractivity contribution in [2.45, 2.75) is 19.9 Å². The Bertz CT molecular complexity index is 298. The molecule has 14 heavy (non-hydrogen) atoms. The van der Waals surface area contributed by atoms with Crippen molar-refractivity contribution in [2.24, 2.45) is 0 Å². The summed E-state index contributed by atoms with van der Waals surface area (Å²) in [6.45, 7) is 3.27. The van der Waals surface area contributed by atoms with Crippen LogP contribution in [-0.2, 0) is 11.3 Å². The number of aryl methyl sites for hydroxylation is 1. The van der Waals surface area contributed by atoms with Crippen LogP contribution in [0.4, 0.5) is 0 Å². The van der Waals surface area contributed by atoms with E-state index in [-0.39, 0.29) is 5.91 Å². The van der Waals surface area contributed by atoms with Crippen molar-refractivity contribution in [3.63, 3.8) is 0 Å². The van der Waals surface area contributed by atoms with Gasteiger partial charge in [-0.25, -0.2) is 0 Å². The van der Waals surface area contributed by atoms with Crippen LogP contribution in [0.2, 0.25) is 0 Å². The molecule has 5 heteroatoms. The Morgan fingerprint density at radius 1 is 1.71 bits per heavy atom. The molecule has 78 valence electrons. The zero-order valence-electron chi connectivity index (χ0n) is 8.16. The number of rotatable bonds is 5. The topological polar surface area (TPSA) is 46.9 Å². The minimum atomic E-state index is -0.0103. The highest BCUT2D eigenvalue weighted by atomic mass is 35.5. The van der Waals surface area contributed by atoms with Gasteiger partial charge in [0.1, 0.15) is 0 Å². The van der Waals surface area contributed by atoms with Gasteiger partial charge in [0, 0.05) is 25.0 Å². The molecule has 0 aromatic carbocycles. The number of nitrogens with one attached hydrogen (secondary N) is 1. The van der Waals surface area contributed by atoms with E-state index in [1.54, 1.807) is 10.9 Å². The molecule has 0 aliphatic rings. The average Bonchev–Trinajstić information content (AvgIpc) is 2.52. The maximum absolute atomic E-state index is 11.0. The molecule has 0 bridgehead atoms. The summed E-state index contributed by atoms with van der Waals surface area (Å²) in [5, 5.41) is 6.86. The second-order valence-electron chi connectivity index (χ2n) is 3.07. The van der Waals surface area contributed by atoms with Crippen molar-refractivity contribution in [3.8, 4) is 0 Å². The van der Waals surface area contributed by atoms with E-state index in [2.05, 4.69) is 10.4 Å². The van der Waals surface area contributed by atoms with E-state index < -0.39 is 0 Å². The average molecular weight is 216 g/mol. The molecular formula is C9H14ClN3O. The summed E-state index contributed by atoms with van der Waals surface area (Å²) in [5.74, 6) is 0.357. The lowest BCUT2D eigenvalue weighted by molar-refractivity contribution is -0.120. The largest absolute Gasteiger partial charge is 0.354 e. The summed E-state index contributed by atoms with van der Waals surface area (Å²) in [6, 6.07) is 0. The molecule has 1 rings (SSSR count). The fourth-order valence-corrected chi connectivity index (χ4v) is 1.24. The van der Waals surface area contributed by atoms with Crippen LogP contribution in [-0.4, -0.2) is 28.1 Å². The fourth-order valence-electron chi connectivity index (χ4n) is 1.07. The van der Waals surface area contributed by atoms with Gasteiger partial charge in [-0.2, -0.15) is 5.10 Å². The second-order valence-corrected chi connectivity index (χ2v) is 3.45. The van der Waals surface area contributed by atoms with Crippen molar-refractivity contribution >= 4 is 17.5 Å². The molecular weight excluding hydrogens is 202 g/mol. The fraction of sp³-hybridized carbons (Fsp3) is 0.556. The second kappa shape index (κ2) is 5.65. The molecule has 0 saturated heterocycles. The van der Waals surface area contributed by atoms with E-state index in [9.17, 15) is 4.79 Å². The van der Waals surface area contributed by atoms with E-state index in [4.69, 9.17) is 11.6 Å². The molecule has 0 fully saturated rings. The van der Waals surface area contributed by atoms with Crippen molar-refractivity contribution in [3.05, 3.63) is 18.0 Å². The smallest absolute Gasteiger partial charge is 0.221 e. The Labute approximate surface area is 88.2 Å². The number of carbonyl (C=O) groups excluding carboxylic acids is 1. The van der Waals surface area contributed by atoms with Crippen molar-refractivity contribution in [1.82, 2.24) is 15.1 Å². The highest BCUT2D eigenvalue weighted by Gasteiger charge is 1.99. The van der Waals surface area contributed by atoms with Crippen LogP contribution in [0.25, 0.3) is 0 Å². The molecule has 0 spiro atoms. The van der Waals surface area contributed by atoms with Gasteiger partial charge in [-0.3, -0.25) is 9.48 Å². The van der Waals surface area contributed by atoms with E-state index in [0.29, 0.717) is 25.4 Å². The van der Waals surface area contributed by atoms with Gasteiger partial charge in [-0.1, -0.05) is 0 Å². The van der Waals surface area contributed by atoms with E-state index in [1.165, 1.54) is 0 Å². The summed E-state index contributed by atoms with van der Waals surface area (Å²) in [5.41, 5.74) is 1.12. The maximum atomic E-state index is 11.0.